The fourth-order valence-corrected chi connectivity index (χ4v) is 4.57. The van der Waals surface area contributed by atoms with Crippen LogP contribution in [-0.2, 0) is 4.79 Å². The highest BCUT2D eigenvalue weighted by molar-refractivity contribution is 7.99. The molecule has 1 fully saturated rings. The van der Waals surface area contributed by atoms with Crippen molar-refractivity contribution >= 4 is 17.7 Å². The van der Waals surface area contributed by atoms with E-state index < -0.39 is 0 Å². The molecule has 1 aromatic rings. The number of carbonyl (C=O) groups is 1. The number of piperidine rings is 1. The van der Waals surface area contributed by atoms with Crippen LogP contribution >= 0.6 is 11.8 Å². The molecule has 114 valence electrons. The maximum absolute atomic E-state index is 12.9. The smallest absolute Gasteiger partial charge is 0.231 e. The number of fused-ring (bicyclic) bond motifs is 1. The molecule has 3 rings (SSSR count). The molecule has 1 saturated heterocycles. The zero-order valence-corrected chi connectivity index (χ0v) is 13.5. The quantitative estimate of drug-likeness (QED) is 0.928. The average molecular weight is 304 g/mol. The monoisotopic (exact) mass is 304 g/mol. The van der Waals surface area contributed by atoms with Gasteiger partial charge in [0.05, 0.1) is 5.92 Å². The predicted molar refractivity (Wildman–Crippen MR) is 87.8 cm³/mol. The van der Waals surface area contributed by atoms with E-state index in [9.17, 15) is 4.79 Å². The first-order chi connectivity index (χ1) is 10.3. The minimum atomic E-state index is 0.0581. The van der Waals surface area contributed by atoms with E-state index in [1.165, 1.54) is 23.3 Å². The van der Waals surface area contributed by atoms with Crippen LogP contribution in [-0.4, -0.2) is 42.7 Å². The highest BCUT2D eigenvalue weighted by atomic mass is 32.2. The van der Waals surface area contributed by atoms with Crippen molar-refractivity contribution in [1.82, 2.24) is 10.2 Å². The van der Waals surface area contributed by atoms with Crippen LogP contribution < -0.4 is 5.32 Å². The van der Waals surface area contributed by atoms with Gasteiger partial charge in [-0.25, -0.2) is 0 Å². The maximum atomic E-state index is 12.9. The molecule has 2 aliphatic heterocycles. The zero-order valence-electron chi connectivity index (χ0n) is 12.7. The summed E-state index contributed by atoms with van der Waals surface area (Å²) in [6.07, 6.45) is 2.48. The largest absolute Gasteiger partial charge is 0.342 e. The van der Waals surface area contributed by atoms with Crippen molar-refractivity contribution < 1.29 is 4.79 Å². The summed E-state index contributed by atoms with van der Waals surface area (Å²) < 4.78 is 0. The normalized spacial score (nSPS) is 24.6. The van der Waals surface area contributed by atoms with E-state index in [-0.39, 0.29) is 5.92 Å². The SMILES string of the molecule is CCN(CC1CCCNC1)C(=O)C1CSc2ccccc21. The molecule has 21 heavy (non-hydrogen) atoms. The molecule has 0 aromatic heterocycles. The van der Waals surface area contributed by atoms with Crippen LogP contribution in [0.1, 0.15) is 31.2 Å². The van der Waals surface area contributed by atoms with Gasteiger partial charge in [0.2, 0.25) is 5.91 Å². The van der Waals surface area contributed by atoms with Crippen LogP contribution in [0, 0.1) is 5.92 Å². The van der Waals surface area contributed by atoms with E-state index in [1.807, 2.05) is 17.8 Å². The molecule has 2 aliphatic rings. The maximum Gasteiger partial charge on any atom is 0.231 e. The van der Waals surface area contributed by atoms with Crippen molar-refractivity contribution in [1.29, 1.82) is 0 Å². The third kappa shape index (κ3) is 3.27. The molecule has 0 saturated carbocycles. The number of rotatable bonds is 4. The molecule has 4 heteroatoms. The van der Waals surface area contributed by atoms with Gasteiger partial charge >= 0.3 is 0 Å². The molecule has 0 spiro atoms. The summed E-state index contributed by atoms with van der Waals surface area (Å²) in [6.45, 7) is 6.01. The Morgan fingerprint density at radius 3 is 3.05 bits per heavy atom. The summed E-state index contributed by atoms with van der Waals surface area (Å²) in [4.78, 5) is 16.3. The van der Waals surface area contributed by atoms with Crippen LogP contribution in [0.4, 0.5) is 0 Å². The highest BCUT2D eigenvalue weighted by Gasteiger charge is 2.32. The number of carbonyl (C=O) groups excluding carboxylic acids is 1. The standard InChI is InChI=1S/C17H24N2OS/c1-2-19(11-13-6-5-9-18-10-13)17(20)15-12-21-16-8-4-3-7-14(15)16/h3-4,7-8,13,15,18H,2,5-6,9-12H2,1H3. The lowest BCUT2D eigenvalue weighted by molar-refractivity contribution is -0.132. The number of nitrogens with zero attached hydrogens (tertiary/aromatic N) is 1. The summed E-state index contributed by atoms with van der Waals surface area (Å²) in [5.74, 6) is 1.90. The molecule has 1 aromatic carbocycles. The van der Waals surface area contributed by atoms with E-state index in [1.54, 1.807) is 0 Å². The van der Waals surface area contributed by atoms with Crippen molar-refractivity contribution in [3.05, 3.63) is 29.8 Å². The molecule has 3 nitrogen and oxygen atoms in total. The zero-order chi connectivity index (χ0) is 14.7. The second kappa shape index (κ2) is 6.84. The first-order valence-corrected chi connectivity index (χ1v) is 8.99. The third-order valence-corrected chi connectivity index (χ3v) is 5.75. The van der Waals surface area contributed by atoms with Gasteiger partial charge in [-0.2, -0.15) is 0 Å². The van der Waals surface area contributed by atoms with E-state index in [0.717, 1.165) is 31.9 Å². The summed E-state index contributed by atoms with van der Waals surface area (Å²) in [5.41, 5.74) is 1.23. The first-order valence-electron chi connectivity index (χ1n) is 8.00. The van der Waals surface area contributed by atoms with E-state index in [2.05, 4.69) is 35.3 Å². The Labute approximate surface area is 131 Å². The first kappa shape index (κ1) is 14.9. The summed E-state index contributed by atoms with van der Waals surface area (Å²) in [6, 6.07) is 8.36. The molecule has 2 unspecified atom stereocenters. The number of benzene rings is 1. The molecular formula is C17H24N2OS. The van der Waals surface area contributed by atoms with Gasteiger partial charge in [0.1, 0.15) is 0 Å². The highest BCUT2D eigenvalue weighted by Crippen LogP contribution is 2.40. The lowest BCUT2D eigenvalue weighted by atomic mass is 9.96. The Morgan fingerprint density at radius 2 is 2.29 bits per heavy atom. The van der Waals surface area contributed by atoms with Crippen LogP contribution in [0.15, 0.2) is 29.2 Å². The minimum Gasteiger partial charge on any atom is -0.342 e. The van der Waals surface area contributed by atoms with Gasteiger partial charge < -0.3 is 10.2 Å². The molecule has 2 heterocycles. The van der Waals surface area contributed by atoms with Gasteiger partial charge in [-0.05, 0) is 50.4 Å². The van der Waals surface area contributed by atoms with Crippen molar-refractivity contribution in [2.75, 3.05) is 31.9 Å². The summed E-state index contributed by atoms with van der Waals surface area (Å²) in [7, 11) is 0. The van der Waals surface area contributed by atoms with Crippen molar-refractivity contribution in [2.24, 2.45) is 5.92 Å². The van der Waals surface area contributed by atoms with Crippen LogP contribution in [0.5, 0.6) is 0 Å². The van der Waals surface area contributed by atoms with Gasteiger partial charge in [0.15, 0.2) is 0 Å². The Hall–Kier alpha value is -1.00. The van der Waals surface area contributed by atoms with Crippen LogP contribution in [0.3, 0.4) is 0 Å². The molecular weight excluding hydrogens is 280 g/mol. The third-order valence-electron chi connectivity index (χ3n) is 4.57. The van der Waals surface area contributed by atoms with E-state index in [0.29, 0.717) is 11.8 Å². The Bertz CT molecular complexity index is 499. The Balaban J connectivity index is 1.68. The van der Waals surface area contributed by atoms with Crippen LogP contribution in [0.2, 0.25) is 0 Å². The second-order valence-electron chi connectivity index (χ2n) is 5.99. The Kier molecular flexibility index (Phi) is 4.86. The number of amides is 1. The molecule has 0 radical (unpaired) electrons. The fraction of sp³-hybridized carbons (Fsp3) is 0.588. The second-order valence-corrected chi connectivity index (χ2v) is 7.05. The lowest BCUT2D eigenvalue weighted by Crippen LogP contribution is -2.42. The topological polar surface area (TPSA) is 32.3 Å². The number of thioether (sulfide) groups is 1. The molecule has 1 N–H and O–H groups in total. The fourth-order valence-electron chi connectivity index (χ4n) is 3.35. The number of hydrogen-bond donors (Lipinski definition) is 1. The van der Waals surface area contributed by atoms with Gasteiger partial charge in [-0.3, -0.25) is 4.79 Å². The van der Waals surface area contributed by atoms with Gasteiger partial charge in [-0.1, -0.05) is 18.2 Å². The average Bonchev–Trinajstić information content (AvgIpc) is 2.97. The van der Waals surface area contributed by atoms with Crippen molar-refractivity contribution in [2.45, 2.75) is 30.6 Å². The minimum absolute atomic E-state index is 0.0581. The molecule has 0 aliphatic carbocycles. The number of likely N-dealkylation sites (N-methyl/N-ethyl adjacent to an activating group) is 1. The molecule has 1 amide bonds. The lowest BCUT2D eigenvalue weighted by Gasteiger charge is -2.31. The molecule has 2 atom stereocenters. The van der Waals surface area contributed by atoms with Crippen molar-refractivity contribution in [3.8, 4) is 0 Å². The van der Waals surface area contributed by atoms with Gasteiger partial charge in [0, 0.05) is 23.7 Å². The predicted octanol–water partition coefficient (Wildman–Crippen LogP) is 2.72. The van der Waals surface area contributed by atoms with Gasteiger partial charge in [0.25, 0.3) is 0 Å². The van der Waals surface area contributed by atoms with Crippen LogP contribution in [0.25, 0.3) is 0 Å². The van der Waals surface area contributed by atoms with E-state index in [4.69, 9.17) is 0 Å². The summed E-state index contributed by atoms with van der Waals surface area (Å²) >= 11 is 1.82. The number of nitrogens with one attached hydrogen (secondary N) is 1. The van der Waals surface area contributed by atoms with Crippen molar-refractivity contribution in [3.63, 3.8) is 0 Å². The number of hydrogen-bond acceptors (Lipinski definition) is 3. The Morgan fingerprint density at radius 1 is 1.43 bits per heavy atom. The summed E-state index contributed by atoms with van der Waals surface area (Å²) in [5, 5.41) is 3.45. The van der Waals surface area contributed by atoms with Gasteiger partial charge in [-0.15, -0.1) is 11.8 Å². The van der Waals surface area contributed by atoms with E-state index >= 15 is 0 Å². The molecule has 0 bridgehead atoms.